The number of nitrogens with one attached hydrogen (secondary N) is 1. The van der Waals surface area contributed by atoms with Gasteiger partial charge in [-0.05, 0) is 37.6 Å². The topological polar surface area (TPSA) is 77.1 Å². The van der Waals surface area contributed by atoms with Gasteiger partial charge in [0, 0.05) is 23.1 Å². The van der Waals surface area contributed by atoms with E-state index in [4.69, 9.17) is 5.73 Å². The molecular weight excluding hydrogens is 254 g/mol. The fourth-order valence-corrected chi connectivity index (χ4v) is 1.89. The number of hydrogen-bond donors (Lipinski definition) is 2. The van der Waals surface area contributed by atoms with Crippen LogP contribution in [0.3, 0.4) is 0 Å². The Hall–Kier alpha value is -2.56. The van der Waals surface area contributed by atoms with Gasteiger partial charge in [0.15, 0.2) is 0 Å². The van der Waals surface area contributed by atoms with Crippen molar-refractivity contribution in [2.45, 2.75) is 20.4 Å². The van der Waals surface area contributed by atoms with E-state index in [1.807, 2.05) is 13.0 Å². The number of carbonyl (C=O) groups is 1. The third-order valence-corrected chi connectivity index (χ3v) is 3.13. The molecule has 1 aromatic heterocycles. The molecule has 0 saturated heterocycles. The third-order valence-electron chi connectivity index (χ3n) is 3.13. The monoisotopic (exact) mass is 271 g/mol. The summed E-state index contributed by atoms with van der Waals surface area (Å²) in [6.07, 6.45) is 0. The van der Waals surface area contributed by atoms with Gasteiger partial charge in [-0.2, -0.15) is 0 Å². The summed E-state index contributed by atoms with van der Waals surface area (Å²) in [4.78, 5) is 23.7. The van der Waals surface area contributed by atoms with Crippen LogP contribution in [0, 0.1) is 13.8 Å². The van der Waals surface area contributed by atoms with E-state index >= 15 is 0 Å². The van der Waals surface area contributed by atoms with Crippen LogP contribution < -0.4 is 16.6 Å². The smallest absolute Gasteiger partial charge is 0.251 e. The Bertz CT molecular complexity index is 705. The first-order valence-electron chi connectivity index (χ1n) is 6.30. The van der Waals surface area contributed by atoms with Crippen molar-refractivity contribution < 1.29 is 4.79 Å². The van der Waals surface area contributed by atoms with Crippen molar-refractivity contribution in [3.63, 3.8) is 0 Å². The molecule has 0 saturated carbocycles. The fraction of sp³-hybridized carbons (Fsp3) is 0.200. The van der Waals surface area contributed by atoms with Gasteiger partial charge in [-0.25, -0.2) is 0 Å². The fourth-order valence-electron chi connectivity index (χ4n) is 1.89. The molecule has 0 unspecified atom stereocenters. The number of amides is 1. The number of aryl methyl sites for hydroxylation is 2. The number of carbonyl (C=O) groups excluding carboxylic acids is 1. The molecule has 0 aliphatic heterocycles. The second-order valence-corrected chi connectivity index (χ2v) is 4.71. The number of rotatable bonds is 3. The van der Waals surface area contributed by atoms with Crippen LogP contribution in [0.2, 0.25) is 0 Å². The maximum absolute atomic E-state index is 12.0. The molecular formula is C15H17N3O2. The van der Waals surface area contributed by atoms with E-state index in [-0.39, 0.29) is 18.0 Å². The molecule has 0 fully saturated rings. The highest BCUT2D eigenvalue weighted by Gasteiger charge is 2.07. The van der Waals surface area contributed by atoms with Gasteiger partial charge >= 0.3 is 0 Å². The van der Waals surface area contributed by atoms with Crippen LogP contribution in [-0.4, -0.2) is 10.5 Å². The third kappa shape index (κ3) is 3.06. The normalized spacial score (nSPS) is 10.3. The minimum absolute atomic E-state index is 0.0146. The first-order chi connectivity index (χ1) is 9.47. The van der Waals surface area contributed by atoms with Crippen molar-refractivity contribution >= 4 is 17.3 Å². The van der Waals surface area contributed by atoms with Crippen LogP contribution in [-0.2, 0) is 11.3 Å². The quantitative estimate of drug-likeness (QED) is 0.834. The summed E-state index contributed by atoms with van der Waals surface area (Å²) in [6, 6.07) is 10.2. The number of benzene rings is 1. The minimum atomic E-state index is -0.260. The molecule has 2 aromatic rings. The summed E-state index contributed by atoms with van der Waals surface area (Å²) in [6.45, 7) is 3.67. The highest BCUT2D eigenvalue weighted by atomic mass is 16.2. The Kier molecular flexibility index (Phi) is 3.89. The lowest BCUT2D eigenvalue weighted by molar-refractivity contribution is -0.116. The summed E-state index contributed by atoms with van der Waals surface area (Å²) in [7, 11) is 0. The molecule has 0 aliphatic rings. The van der Waals surface area contributed by atoms with Crippen molar-refractivity contribution in [2.24, 2.45) is 0 Å². The second-order valence-electron chi connectivity index (χ2n) is 4.71. The van der Waals surface area contributed by atoms with E-state index in [0.29, 0.717) is 11.4 Å². The lowest BCUT2D eigenvalue weighted by Gasteiger charge is -2.10. The van der Waals surface area contributed by atoms with Gasteiger partial charge in [-0.15, -0.1) is 0 Å². The van der Waals surface area contributed by atoms with Gasteiger partial charge in [-0.1, -0.05) is 12.1 Å². The van der Waals surface area contributed by atoms with Crippen LogP contribution in [0.15, 0.2) is 41.2 Å². The van der Waals surface area contributed by atoms with Crippen molar-refractivity contribution in [1.29, 1.82) is 0 Å². The number of aromatic nitrogens is 1. The zero-order valence-corrected chi connectivity index (χ0v) is 11.5. The Morgan fingerprint density at radius 2 is 2.00 bits per heavy atom. The lowest BCUT2D eigenvalue weighted by atomic mass is 10.2. The van der Waals surface area contributed by atoms with Crippen LogP contribution in [0.25, 0.3) is 0 Å². The Balaban J connectivity index is 2.13. The molecule has 0 bridgehead atoms. The number of pyridine rings is 1. The second kappa shape index (κ2) is 5.61. The van der Waals surface area contributed by atoms with E-state index in [2.05, 4.69) is 5.32 Å². The lowest BCUT2D eigenvalue weighted by Crippen LogP contribution is -2.28. The number of anilines is 2. The van der Waals surface area contributed by atoms with E-state index in [1.165, 1.54) is 10.6 Å². The van der Waals surface area contributed by atoms with Crippen LogP contribution in [0.4, 0.5) is 11.4 Å². The highest BCUT2D eigenvalue weighted by Crippen LogP contribution is 2.16. The summed E-state index contributed by atoms with van der Waals surface area (Å²) < 4.78 is 1.42. The molecule has 1 amide bonds. The Morgan fingerprint density at radius 3 is 2.65 bits per heavy atom. The first-order valence-corrected chi connectivity index (χ1v) is 6.30. The van der Waals surface area contributed by atoms with Crippen LogP contribution >= 0.6 is 0 Å². The number of nitrogen functional groups attached to an aromatic ring is 1. The van der Waals surface area contributed by atoms with Crippen molar-refractivity contribution in [3.8, 4) is 0 Å². The van der Waals surface area contributed by atoms with Crippen LogP contribution in [0.5, 0.6) is 0 Å². The van der Waals surface area contributed by atoms with Crippen molar-refractivity contribution in [1.82, 2.24) is 4.57 Å². The maximum atomic E-state index is 12.0. The molecule has 0 aliphatic carbocycles. The van der Waals surface area contributed by atoms with Crippen LogP contribution in [0.1, 0.15) is 11.3 Å². The predicted octanol–water partition coefficient (Wildman–Crippen LogP) is 1.69. The van der Waals surface area contributed by atoms with Gasteiger partial charge in [0.05, 0.1) is 0 Å². The minimum Gasteiger partial charge on any atom is -0.398 e. The largest absolute Gasteiger partial charge is 0.398 e. The van der Waals surface area contributed by atoms with Crippen molar-refractivity contribution in [3.05, 3.63) is 58.0 Å². The number of hydrogen-bond acceptors (Lipinski definition) is 3. The van der Waals surface area contributed by atoms with Gasteiger partial charge in [0.1, 0.15) is 6.54 Å². The van der Waals surface area contributed by atoms with Gasteiger partial charge in [0.2, 0.25) is 5.91 Å². The average Bonchev–Trinajstić information content (AvgIpc) is 2.38. The SMILES string of the molecule is Cc1ccc(NC(=O)Cn2c(C)cccc2=O)cc1N. The van der Waals surface area contributed by atoms with Gasteiger partial charge in [-0.3, -0.25) is 9.59 Å². The first kappa shape index (κ1) is 13.9. The van der Waals surface area contributed by atoms with E-state index in [9.17, 15) is 9.59 Å². The van der Waals surface area contributed by atoms with E-state index in [1.54, 1.807) is 31.2 Å². The molecule has 5 nitrogen and oxygen atoms in total. The molecule has 104 valence electrons. The van der Waals surface area contributed by atoms with E-state index in [0.717, 1.165) is 11.3 Å². The molecule has 20 heavy (non-hydrogen) atoms. The maximum Gasteiger partial charge on any atom is 0.251 e. The van der Waals surface area contributed by atoms with E-state index < -0.39 is 0 Å². The number of nitrogens with two attached hydrogens (primary N) is 1. The molecule has 5 heteroatoms. The molecule has 3 N–H and O–H groups in total. The number of nitrogens with zero attached hydrogens (tertiary/aromatic N) is 1. The summed E-state index contributed by atoms with van der Waals surface area (Å²) in [5.74, 6) is -0.260. The summed E-state index contributed by atoms with van der Waals surface area (Å²) >= 11 is 0. The zero-order valence-electron chi connectivity index (χ0n) is 11.5. The molecule has 0 atom stereocenters. The standard InChI is InChI=1S/C15H17N3O2/c1-10-6-7-12(8-13(10)16)17-14(19)9-18-11(2)4-3-5-15(18)20/h3-8H,9,16H2,1-2H3,(H,17,19). The highest BCUT2D eigenvalue weighted by molar-refractivity contribution is 5.91. The molecule has 0 spiro atoms. The molecule has 0 radical (unpaired) electrons. The van der Waals surface area contributed by atoms with Gasteiger partial charge < -0.3 is 15.6 Å². The summed E-state index contributed by atoms with van der Waals surface area (Å²) in [5, 5.41) is 2.73. The summed E-state index contributed by atoms with van der Waals surface area (Å²) in [5.41, 5.74) is 8.55. The Labute approximate surface area is 117 Å². The van der Waals surface area contributed by atoms with Gasteiger partial charge in [0.25, 0.3) is 5.56 Å². The average molecular weight is 271 g/mol. The molecule has 1 heterocycles. The predicted molar refractivity (Wildman–Crippen MR) is 79.7 cm³/mol. The zero-order chi connectivity index (χ0) is 14.7. The van der Waals surface area contributed by atoms with Crippen molar-refractivity contribution in [2.75, 3.05) is 11.1 Å². The molecule has 1 aromatic carbocycles. The molecule has 2 rings (SSSR count). The Morgan fingerprint density at radius 1 is 1.25 bits per heavy atom.